The third-order valence-electron chi connectivity index (χ3n) is 4.08. The Kier molecular flexibility index (Phi) is 7.96. The molecule has 0 atom stereocenters. The molecule has 0 amide bonds. The van der Waals surface area contributed by atoms with Gasteiger partial charge in [-0.25, -0.2) is 4.98 Å². The number of anilines is 1. The van der Waals surface area contributed by atoms with Crippen LogP contribution in [0.25, 0.3) is 0 Å². The molecule has 0 unspecified atom stereocenters. The highest BCUT2D eigenvalue weighted by Gasteiger charge is 2.11. The monoisotopic (exact) mass is 339 g/mol. The van der Waals surface area contributed by atoms with E-state index in [4.69, 9.17) is 10.1 Å². The summed E-state index contributed by atoms with van der Waals surface area (Å²) >= 11 is 0. The fourth-order valence-corrected chi connectivity index (χ4v) is 2.75. The van der Waals surface area contributed by atoms with Crippen molar-refractivity contribution in [1.82, 2.24) is 4.98 Å². The van der Waals surface area contributed by atoms with Crippen molar-refractivity contribution in [2.45, 2.75) is 46.0 Å². The summed E-state index contributed by atoms with van der Waals surface area (Å²) in [6.07, 6.45) is 7.98. The SMILES string of the molecule is CCCCCCCNc1ncccc1C(=N)c1cccc(OCC)c1. The zero-order chi connectivity index (χ0) is 17.9. The topological polar surface area (TPSA) is 58.0 Å². The number of ether oxygens (including phenoxy) is 1. The fraction of sp³-hybridized carbons (Fsp3) is 0.429. The highest BCUT2D eigenvalue weighted by Crippen LogP contribution is 2.20. The molecule has 1 heterocycles. The maximum atomic E-state index is 8.58. The second-order valence-electron chi connectivity index (χ2n) is 6.08. The van der Waals surface area contributed by atoms with E-state index in [-0.39, 0.29) is 0 Å². The van der Waals surface area contributed by atoms with Crippen LogP contribution in [0, 0.1) is 5.41 Å². The van der Waals surface area contributed by atoms with E-state index in [1.807, 2.05) is 43.3 Å². The van der Waals surface area contributed by atoms with Gasteiger partial charge >= 0.3 is 0 Å². The predicted molar refractivity (Wildman–Crippen MR) is 105 cm³/mol. The molecule has 2 aromatic rings. The molecule has 25 heavy (non-hydrogen) atoms. The first kappa shape index (κ1) is 19.0. The summed E-state index contributed by atoms with van der Waals surface area (Å²) in [6.45, 7) is 5.70. The molecule has 0 aliphatic heterocycles. The van der Waals surface area contributed by atoms with Gasteiger partial charge in [-0.15, -0.1) is 0 Å². The molecule has 0 bridgehead atoms. The van der Waals surface area contributed by atoms with Crippen LogP contribution in [0.2, 0.25) is 0 Å². The van der Waals surface area contributed by atoms with Gasteiger partial charge < -0.3 is 10.1 Å². The summed E-state index contributed by atoms with van der Waals surface area (Å²) in [6, 6.07) is 11.5. The fourth-order valence-electron chi connectivity index (χ4n) is 2.75. The molecule has 0 spiro atoms. The van der Waals surface area contributed by atoms with Crippen molar-refractivity contribution in [3.8, 4) is 5.75 Å². The van der Waals surface area contributed by atoms with Crippen LogP contribution in [-0.2, 0) is 0 Å². The normalized spacial score (nSPS) is 10.5. The molecule has 2 rings (SSSR count). The van der Waals surface area contributed by atoms with Gasteiger partial charge in [0.05, 0.1) is 12.3 Å². The minimum absolute atomic E-state index is 0.461. The Morgan fingerprint density at radius 3 is 2.72 bits per heavy atom. The molecule has 4 nitrogen and oxygen atoms in total. The molecule has 1 aromatic carbocycles. The standard InChI is InChI=1S/C21H29N3O/c1-3-5-6-7-8-14-23-21-19(13-10-15-24-21)20(22)17-11-9-12-18(16-17)25-4-2/h9-13,15-16,22H,3-8,14H2,1-2H3,(H,23,24). The lowest BCUT2D eigenvalue weighted by atomic mass is 10.0. The van der Waals surface area contributed by atoms with E-state index in [1.165, 1.54) is 25.7 Å². The number of nitrogens with zero attached hydrogens (tertiary/aromatic N) is 1. The largest absolute Gasteiger partial charge is 0.494 e. The smallest absolute Gasteiger partial charge is 0.135 e. The van der Waals surface area contributed by atoms with Crippen LogP contribution in [0.1, 0.15) is 57.1 Å². The second kappa shape index (κ2) is 10.5. The van der Waals surface area contributed by atoms with Gasteiger partial charge in [-0.2, -0.15) is 0 Å². The molecule has 1 aromatic heterocycles. The first-order valence-electron chi connectivity index (χ1n) is 9.27. The average Bonchev–Trinajstić information content (AvgIpc) is 2.65. The quantitative estimate of drug-likeness (QED) is 0.432. The van der Waals surface area contributed by atoms with Gasteiger partial charge in [-0.1, -0.05) is 44.7 Å². The number of aromatic nitrogens is 1. The summed E-state index contributed by atoms with van der Waals surface area (Å²) in [5.41, 5.74) is 2.12. The van der Waals surface area contributed by atoms with Crippen LogP contribution >= 0.6 is 0 Å². The number of rotatable bonds is 11. The number of nitrogens with one attached hydrogen (secondary N) is 2. The van der Waals surface area contributed by atoms with E-state index in [9.17, 15) is 0 Å². The van der Waals surface area contributed by atoms with Crippen LogP contribution in [-0.4, -0.2) is 23.8 Å². The third-order valence-corrected chi connectivity index (χ3v) is 4.08. The molecule has 0 saturated heterocycles. The molecule has 4 heteroatoms. The van der Waals surface area contributed by atoms with Crippen molar-refractivity contribution in [2.75, 3.05) is 18.5 Å². The highest BCUT2D eigenvalue weighted by atomic mass is 16.5. The number of hydrogen-bond acceptors (Lipinski definition) is 4. The zero-order valence-corrected chi connectivity index (χ0v) is 15.3. The van der Waals surface area contributed by atoms with Crippen molar-refractivity contribution in [2.24, 2.45) is 0 Å². The van der Waals surface area contributed by atoms with Crippen molar-refractivity contribution in [3.05, 3.63) is 53.7 Å². The molecule has 0 saturated carbocycles. The Bertz CT molecular complexity index is 670. The first-order chi connectivity index (χ1) is 12.3. The number of pyridine rings is 1. The van der Waals surface area contributed by atoms with Crippen molar-refractivity contribution < 1.29 is 4.74 Å². The van der Waals surface area contributed by atoms with Gasteiger partial charge in [0.15, 0.2) is 0 Å². The summed E-state index contributed by atoms with van der Waals surface area (Å²) in [5.74, 6) is 1.57. The lowest BCUT2D eigenvalue weighted by molar-refractivity contribution is 0.340. The summed E-state index contributed by atoms with van der Waals surface area (Å²) < 4.78 is 5.55. The second-order valence-corrected chi connectivity index (χ2v) is 6.08. The number of unbranched alkanes of at least 4 members (excludes halogenated alkanes) is 4. The first-order valence-corrected chi connectivity index (χ1v) is 9.27. The van der Waals surface area contributed by atoms with Gasteiger partial charge in [-0.05, 0) is 37.6 Å². The Balaban J connectivity index is 2.03. The lowest BCUT2D eigenvalue weighted by Crippen LogP contribution is -2.11. The molecule has 0 aliphatic rings. The Labute approximate surface area is 151 Å². The van der Waals surface area contributed by atoms with E-state index in [2.05, 4.69) is 17.2 Å². The third kappa shape index (κ3) is 5.89. The molecule has 0 radical (unpaired) electrons. The van der Waals surface area contributed by atoms with Gasteiger partial charge in [0.25, 0.3) is 0 Å². The van der Waals surface area contributed by atoms with Crippen LogP contribution in [0.5, 0.6) is 5.75 Å². The van der Waals surface area contributed by atoms with E-state index in [0.717, 1.165) is 35.7 Å². The summed E-state index contributed by atoms with van der Waals surface area (Å²) in [7, 11) is 0. The average molecular weight is 339 g/mol. The molecule has 0 fully saturated rings. The Hall–Kier alpha value is -2.36. The van der Waals surface area contributed by atoms with Crippen molar-refractivity contribution >= 4 is 11.5 Å². The zero-order valence-electron chi connectivity index (χ0n) is 15.3. The molecule has 2 N–H and O–H groups in total. The van der Waals surface area contributed by atoms with Crippen LogP contribution in [0.15, 0.2) is 42.6 Å². The number of benzene rings is 1. The lowest BCUT2D eigenvalue weighted by Gasteiger charge is -2.13. The minimum atomic E-state index is 0.461. The van der Waals surface area contributed by atoms with Gasteiger partial charge in [-0.3, -0.25) is 5.41 Å². The number of hydrogen-bond donors (Lipinski definition) is 2. The summed E-state index contributed by atoms with van der Waals surface area (Å²) in [5, 5.41) is 12.0. The van der Waals surface area contributed by atoms with Crippen LogP contribution in [0.3, 0.4) is 0 Å². The minimum Gasteiger partial charge on any atom is -0.494 e. The maximum absolute atomic E-state index is 8.58. The Morgan fingerprint density at radius 2 is 1.92 bits per heavy atom. The van der Waals surface area contributed by atoms with Crippen LogP contribution < -0.4 is 10.1 Å². The van der Waals surface area contributed by atoms with Crippen LogP contribution in [0.4, 0.5) is 5.82 Å². The maximum Gasteiger partial charge on any atom is 0.135 e. The van der Waals surface area contributed by atoms with E-state index in [0.29, 0.717) is 12.3 Å². The van der Waals surface area contributed by atoms with E-state index >= 15 is 0 Å². The van der Waals surface area contributed by atoms with Gasteiger partial charge in [0.1, 0.15) is 11.6 Å². The molecule has 0 aliphatic carbocycles. The van der Waals surface area contributed by atoms with Crippen molar-refractivity contribution in [1.29, 1.82) is 5.41 Å². The van der Waals surface area contributed by atoms with Crippen molar-refractivity contribution in [3.63, 3.8) is 0 Å². The Morgan fingerprint density at radius 1 is 1.08 bits per heavy atom. The van der Waals surface area contributed by atoms with E-state index in [1.54, 1.807) is 6.20 Å². The highest BCUT2D eigenvalue weighted by molar-refractivity contribution is 6.13. The molecular weight excluding hydrogens is 310 g/mol. The summed E-state index contributed by atoms with van der Waals surface area (Å²) in [4.78, 5) is 4.43. The molecular formula is C21H29N3O. The predicted octanol–water partition coefficient (Wildman–Crippen LogP) is 5.28. The van der Waals surface area contributed by atoms with Gasteiger partial charge in [0, 0.05) is 23.9 Å². The molecule has 134 valence electrons. The van der Waals surface area contributed by atoms with E-state index < -0.39 is 0 Å². The van der Waals surface area contributed by atoms with Gasteiger partial charge in [0.2, 0.25) is 0 Å².